The maximum absolute atomic E-state index is 11.0. The lowest BCUT2D eigenvalue weighted by Crippen LogP contribution is -2.29. The smallest absolute Gasteiger partial charge is 0.337 e. The van der Waals surface area contributed by atoms with Crippen LogP contribution in [0.3, 0.4) is 0 Å². The Morgan fingerprint density at radius 3 is 2.50 bits per heavy atom. The number of rotatable bonds is 4. The third-order valence-electron chi connectivity index (χ3n) is 2.05. The Kier molecular flexibility index (Phi) is 4.21. The average molecular weight is 227 g/mol. The number of aliphatic hydroxyl groups excluding tert-OH is 2. The largest absolute Gasteiger partial charge is 0.481 e. The lowest BCUT2D eigenvalue weighted by molar-refractivity contribution is -0.156. The van der Waals surface area contributed by atoms with E-state index in [0.717, 1.165) is 7.11 Å². The number of aliphatic hydroxyl groups is 2. The molecule has 0 saturated heterocycles. The fourth-order valence-electron chi connectivity index (χ4n) is 1.12. The summed E-state index contributed by atoms with van der Waals surface area (Å²) in [6.07, 6.45) is -1.68. The number of carbonyl (C=O) groups is 1. The van der Waals surface area contributed by atoms with Gasteiger partial charge in [0.2, 0.25) is 5.88 Å². The van der Waals surface area contributed by atoms with Gasteiger partial charge in [-0.05, 0) is 6.07 Å². The van der Waals surface area contributed by atoms with E-state index in [-0.39, 0.29) is 0 Å². The molecule has 1 aromatic rings. The van der Waals surface area contributed by atoms with Crippen molar-refractivity contribution in [1.29, 1.82) is 0 Å². The van der Waals surface area contributed by atoms with E-state index in [2.05, 4.69) is 9.72 Å². The first kappa shape index (κ1) is 12.4. The van der Waals surface area contributed by atoms with Crippen LogP contribution in [0.4, 0.5) is 0 Å². The van der Waals surface area contributed by atoms with E-state index in [9.17, 15) is 15.0 Å². The summed E-state index contributed by atoms with van der Waals surface area (Å²) < 4.78 is 9.14. The minimum atomic E-state index is -1.62. The van der Waals surface area contributed by atoms with Crippen molar-refractivity contribution in [3.8, 4) is 5.88 Å². The normalized spacial score (nSPS) is 14.0. The zero-order valence-corrected chi connectivity index (χ0v) is 8.95. The Bertz CT molecular complexity index is 351. The van der Waals surface area contributed by atoms with Crippen molar-refractivity contribution < 1.29 is 24.5 Å². The summed E-state index contributed by atoms with van der Waals surface area (Å²) in [7, 11) is 2.59. The molecule has 0 aromatic carbocycles. The first-order valence-corrected chi connectivity index (χ1v) is 4.54. The Morgan fingerprint density at radius 1 is 1.38 bits per heavy atom. The number of methoxy groups -OCH3 is 2. The van der Waals surface area contributed by atoms with E-state index in [1.165, 1.54) is 25.4 Å². The number of pyridine rings is 1. The van der Waals surface area contributed by atoms with Crippen molar-refractivity contribution in [2.45, 2.75) is 12.2 Å². The third-order valence-corrected chi connectivity index (χ3v) is 2.05. The molecule has 0 aliphatic rings. The molecule has 2 unspecified atom stereocenters. The second-order valence-electron chi connectivity index (χ2n) is 3.05. The molecule has 0 amide bonds. The number of carbonyl (C=O) groups excluding carboxylic acids is 1. The van der Waals surface area contributed by atoms with E-state index < -0.39 is 18.2 Å². The quantitative estimate of drug-likeness (QED) is 0.684. The summed E-state index contributed by atoms with van der Waals surface area (Å²) >= 11 is 0. The second kappa shape index (κ2) is 5.43. The number of hydrogen-bond acceptors (Lipinski definition) is 6. The first-order valence-electron chi connectivity index (χ1n) is 4.54. The standard InChI is InChI=1S/C10H13NO5/c1-15-7-4-3-6(5-11-7)8(12)9(13)10(14)16-2/h3-5,8-9,12-13H,1-2H3. The fraction of sp³-hybridized carbons (Fsp3) is 0.400. The van der Waals surface area contributed by atoms with Gasteiger partial charge in [0.05, 0.1) is 14.2 Å². The minimum absolute atomic E-state index is 0.304. The number of nitrogens with zero attached hydrogens (tertiary/aromatic N) is 1. The molecule has 0 saturated carbocycles. The van der Waals surface area contributed by atoms with Gasteiger partial charge in [-0.1, -0.05) is 0 Å². The Labute approximate surface area is 92.5 Å². The maximum atomic E-state index is 11.0. The van der Waals surface area contributed by atoms with E-state index in [1.54, 1.807) is 0 Å². The van der Waals surface area contributed by atoms with Crippen molar-refractivity contribution >= 4 is 5.97 Å². The summed E-state index contributed by atoms with van der Waals surface area (Å²) in [5.41, 5.74) is 0.304. The van der Waals surface area contributed by atoms with Gasteiger partial charge in [0.15, 0.2) is 6.10 Å². The zero-order valence-electron chi connectivity index (χ0n) is 8.95. The molecule has 0 aliphatic carbocycles. The van der Waals surface area contributed by atoms with Gasteiger partial charge < -0.3 is 19.7 Å². The third kappa shape index (κ3) is 2.68. The highest BCUT2D eigenvalue weighted by Gasteiger charge is 2.26. The predicted octanol–water partition coefficient (Wildman–Crippen LogP) is -0.343. The van der Waals surface area contributed by atoms with Crippen LogP contribution < -0.4 is 4.74 Å². The highest BCUT2D eigenvalue weighted by Crippen LogP contribution is 2.18. The van der Waals surface area contributed by atoms with Crippen molar-refractivity contribution in [2.75, 3.05) is 14.2 Å². The van der Waals surface area contributed by atoms with Crippen molar-refractivity contribution in [3.05, 3.63) is 23.9 Å². The molecule has 6 heteroatoms. The van der Waals surface area contributed by atoms with Crippen LogP contribution in [0, 0.1) is 0 Å². The molecule has 1 aromatic heterocycles. The predicted molar refractivity (Wildman–Crippen MR) is 53.8 cm³/mol. The van der Waals surface area contributed by atoms with Crippen LogP contribution in [-0.4, -0.2) is 41.5 Å². The molecule has 0 bridgehead atoms. The van der Waals surface area contributed by atoms with E-state index in [0.29, 0.717) is 11.4 Å². The summed E-state index contributed by atoms with van der Waals surface area (Å²) in [5.74, 6) is -0.521. The summed E-state index contributed by atoms with van der Waals surface area (Å²) in [6, 6.07) is 3.02. The van der Waals surface area contributed by atoms with Crippen LogP contribution in [-0.2, 0) is 9.53 Å². The molecule has 1 rings (SSSR count). The van der Waals surface area contributed by atoms with Gasteiger partial charge in [-0.15, -0.1) is 0 Å². The molecule has 0 fully saturated rings. The van der Waals surface area contributed by atoms with Gasteiger partial charge in [0.25, 0.3) is 0 Å². The van der Waals surface area contributed by atoms with Gasteiger partial charge >= 0.3 is 5.97 Å². The monoisotopic (exact) mass is 227 g/mol. The Morgan fingerprint density at radius 2 is 2.06 bits per heavy atom. The van der Waals surface area contributed by atoms with Gasteiger partial charge in [0.1, 0.15) is 6.10 Å². The van der Waals surface area contributed by atoms with E-state index >= 15 is 0 Å². The molecule has 16 heavy (non-hydrogen) atoms. The number of ether oxygens (including phenoxy) is 2. The molecule has 0 aliphatic heterocycles. The van der Waals surface area contributed by atoms with E-state index in [4.69, 9.17) is 4.74 Å². The van der Waals surface area contributed by atoms with Gasteiger partial charge in [-0.2, -0.15) is 0 Å². The Hall–Kier alpha value is -1.66. The highest BCUT2D eigenvalue weighted by molar-refractivity contribution is 5.75. The van der Waals surface area contributed by atoms with Gasteiger partial charge in [0, 0.05) is 17.8 Å². The zero-order chi connectivity index (χ0) is 12.1. The molecule has 0 spiro atoms. The lowest BCUT2D eigenvalue weighted by Gasteiger charge is -2.15. The number of hydrogen-bond donors (Lipinski definition) is 2. The second-order valence-corrected chi connectivity index (χ2v) is 3.05. The van der Waals surface area contributed by atoms with Crippen molar-refractivity contribution in [1.82, 2.24) is 4.98 Å². The van der Waals surface area contributed by atoms with Crippen molar-refractivity contribution in [3.63, 3.8) is 0 Å². The molecule has 1 heterocycles. The van der Waals surface area contributed by atoms with Gasteiger partial charge in [-0.3, -0.25) is 0 Å². The topological polar surface area (TPSA) is 88.9 Å². The molecule has 2 N–H and O–H groups in total. The van der Waals surface area contributed by atoms with Crippen LogP contribution in [0.25, 0.3) is 0 Å². The minimum Gasteiger partial charge on any atom is -0.481 e. The molecule has 0 radical (unpaired) electrons. The first-order chi connectivity index (χ1) is 7.60. The summed E-state index contributed by atoms with van der Waals surface area (Å²) in [5, 5.41) is 19.0. The van der Waals surface area contributed by atoms with Gasteiger partial charge in [-0.25, -0.2) is 9.78 Å². The lowest BCUT2D eigenvalue weighted by atomic mass is 10.1. The molecular weight excluding hydrogens is 214 g/mol. The van der Waals surface area contributed by atoms with Crippen LogP contribution >= 0.6 is 0 Å². The van der Waals surface area contributed by atoms with Crippen molar-refractivity contribution in [2.24, 2.45) is 0 Å². The molecular formula is C10H13NO5. The van der Waals surface area contributed by atoms with Crippen LogP contribution in [0.1, 0.15) is 11.7 Å². The molecule has 2 atom stereocenters. The summed E-state index contributed by atoms with van der Waals surface area (Å²) in [4.78, 5) is 14.8. The maximum Gasteiger partial charge on any atom is 0.337 e. The van der Waals surface area contributed by atoms with Crippen LogP contribution in [0.15, 0.2) is 18.3 Å². The SMILES string of the molecule is COC(=O)C(O)C(O)c1ccc(OC)nc1. The Balaban J connectivity index is 2.79. The fourth-order valence-corrected chi connectivity index (χ4v) is 1.12. The van der Waals surface area contributed by atoms with Crippen LogP contribution in [0.2, 0.25) is 0 Å². The van der Waals surface area contributed by atoms with Crippen LogP contribution in [0.5, 0.6) is 5.88 Å². The number of esters is 1. The summed E-state index contributed by atoms with van der Waals surface area (Å²) in [6.45, 7) is 0. The number of aromatic nitrogens is 1. The molecule has 88 valence electrons. The van der Waals surface area contributed by atoms with E-state index in [1.807, 2.05) is 0 Å². The highest BCUT2D eigenvalue weighted by atomic mass is 16.5. The average Bonchev–Trinajstić information content (AvgIpc) is 2.36. The molecule has 6 nitrogen and oxygen atoms in total.